The van der Waals surface area contributed by atoms with Crippen LogP contribution >= 0.6 is 0 Å². The predicted molar refractivity (Wildman–Crippen MR) is 87.2 cm³/mol. The third kappa shape index (κ3) is 4.79. The number of nitrogens with zero attached hydrogens (tertiary/aromatic N) is 4. The van der Waals surface area contributed by atoms with Gasteiger partial charge in [-0.3, -0.25) is 0 Å². The third-order valence-electron chi connectivity index (χ3n) is 3.39. The Morgan fingerprint density at radius 1 is 1.39 bits per heavy atom. The van der Waals surface area contributed by atoms with Crippen molar-refractivity contribution >= 4 is 6.03 Å². The Balaban J connectivity index is 1.98. The van der Waals surface area contributed by atoms with E-state index >= 15 is 0 Å². The maximum Gasteiger partial charge on any atom is 0.317 e. The highest BCUT2D eigenvalue weighted by Gasteiger charge is 2.20. The van der Waals surface area contributed by atoms with E-state index < -0.39 is 5.60 Å². The van der Waals surface area contributed by atoms with Crippen molar-refractivity contribution in [3.05, 3.63) is 42.2 Å². The normalized spacial score (nSPS) is 12.7. The molecule has 0 saturated carbocycles. The molecule has 23 heavy (non-hydrogen) atoms. The van der Waals surface area contributed by atoms with Crippen molar-refractivity contribution < 1.29 is 9.90 Å². The van der Waals surface area contributed by atoms with Crippen LogP contribution < -0.4 is 5.32 Å². The molecule has 1 atom stereocenters. The molecule has 1 unspecified atom stereocenters. The minimum absolute atomic E-state index is 0.142. The summed E-state index contributed by atoms with van der Waals surface area (Å²) in [6, 6.07) is 7.37. The smallest absolute Gasteiger partial charge is 0.317 e. The molecule has 2 rings (SSSR count). The van der Waals surface area contributed by atoms with Gasteiger partial charge in [-0.05, 0) is 38.5 Å². The summed E-state index contributed by atoms with van der Waals surface area (Å²) >= 11 is 0. The van der Waals surface area contributed by atoms with Gasteiger partial charge in [-0.25, -0.2) is 9.48 Å². The highest BCUT2D eigenvalue weighted by molar-refractivity contribution is 5.74. The zero-order chi connectivity index (χ0) is 17.0. The van der Waals surface area contributed by atoms with E-state index in [1.807, 2.05) is 31.2 Å². The molecule has 0 fully saturated rings. The maximum atomic E-state index is 12.1. The number of amides is 2. The van der Waals surface area contributed by atoms with Crippen LogP contribution in [0.1, 0.15) is 32.4 Å². The highest BCUT2D eigenvalue weighted by Crippen LogP contribution is 2.15. The number of aromatic nitrogens is 3. The largest absolute Gasteiger partial charge is 0.389 e. The van der Waals surface area contributed by atoms with Crippen LogP contribution in [-0.4, -0.2) is 50.2 Å². The lowest BCUT2D eigenvalue weighted by molar-refractivity contribution is 0.0528. The monoisotopic (exact) mass is 317 g/mol. The summed E-state index contributed by atoms with van der Waals surface area (Å²) in [7, 11) is 1.66. The van der Waals surface area contributed by atoms with Gasteiger partial charge in [0, 0.05) is 7.05 Å². The molecular weight excluding hydrogens is 294 g/mol. The fraction of sp³-hybridized carbons (Fsp3) is 0.438. The molecule has 2 aromatic rings. The van der Waals surface area contributed by atoms with Gasteiger partial charge < -0.3 is 15.3 Å². The fourth-order valence-corrected chi connectivity index (χ4v) is 2.29. The van der Waals surface area contributed by atoms with Crippen LogP contribution in [0.5, 0.6) is 0 Å². The lowest BCUT2D eigenvalue weighted by Gasteiger charge is -2.27. The molecule has 1 aromatic carbocycles. The van der Waals surface area contributed by atoms with Crippen LogP contribution in [0.3, 0.4) is 0 Å². The number of benzene rings is 1. The van der Waals surface area contributed by atoms with Gasteiger partial charge in [0.05, 0.1) is 36.3 Å². The quantitative estimate of drug-likeness (QED) is 0.880. The van der Waals surface area contributed by atoms with Crippen molar-refractivity contribution in [1.82, 2.24) is 25.2 Å². The van der Waals surface area contributed by atoms with Crippen molar-refractivity contribution in [1.29, 1.82) is 0 Å². The van der Waals surface area contributed by atoms with E-state index in [2.05, 4.69) is 15.6 Å². The van der Waals surface area contributed by atoms with E-state index in [9.17, 15) is 9.90 Å². The molecule has 0 aliphatic heterocycles. The summed E-state index contributed by atoms with van der Waals surface area (Å²) in [5, 5.41) is 20.4. The summed E-state index contributed by atoms with van der Waals surface area (Å²) in [6.45, 7) is 5.52. The molecule has 0 aliphatic carbocycles. The Morgan fingerprint density at radius 3 is 2.57 bits per heavy atom. The number of carbonyl (C=O) groups excluding carboxylic acids is 1. The minimum Gasteiger partial charge on any atom is -0.389 e. The molecule has 1 heterocycles. The first kappa shape index (κ1) is 17.0. The van der Waals surface area contributed by atoms with Crippen LogP contribution in [0, 0.1) is 0 Å². The molecule has 1 aromatic heterocycles. The minimum atomic E-state index is -0.922. The van der Waals surface area contributed by atoms with E-state index in [0.717, 1.165) is 11.3 Å². The third-order valence-corrected chi connectivity index (χ3v) is 3.39. The molecule has 0 aliphatic rings. The van der Waals surface area contributed by atoms with Crippen molar-refractivity contribution in [2.75, 3.05) is 13.6 Å². The molecule has 2 amide bonds. The van der Waals surface area contributed by atoms with Gasteiger partial charge >= 0.3 is 6.03 Å². The topological polar surface area (TPSA) is 83.3 Å². The number of rotatable bonds is 5. The van der Waals surface area contributed by atoms with Crippen LogP contribution in [-0.2, 0) is 0 Å². The molecule has 124 valence electrons. The number of hydrogen-bond donors (Lipinski definition) is 2. The molecule has 0 spiro atoms. The Morgan fingerprint density at radius 2 is 2.04 bits per heavy atom. The van der Waals surface area contributed by atoms with Crippen molar-refractivity contribution in [3.63, 3.8) is 0 Å². The van der Waals surface area contributed by atoms with E-state index in [1.165, 1.54) is 4.90 Å². The number of hydrogen-bond acceptors (Lipinski definition) is 4. The summed E-state index contributed by atoms with van der Waals surface area (Å²) in [4.78, 5) is 13.6. The van der Waals surface area contributed by atoms with Gasteiger partial charge in [0.15, 0.2) is 0 Å². The highest BCUT2D eigenvalue weighted by atomic mass is 16.3. The van der Waals surface area contributed by atoms with E-state index in [-0.39, 0.29) is 18.6 Å². The standard InChI is InChI=1S/C16H23N5O2/c1-12(18-15(22)20(4)11-16(2,3)23)13-5-7-14(8-6-13)21-10-9-17-19-21/h5-10,12,23H,11H2,1-4H3,(H,18,22). The number of nitrogens with one attached hydrogen (secondary N) is 1. The zero-order valence-corrected chi connectivity index (χ0v) is 13.9. The molecule has 0 saturated heterocycles. The summed E-state index contributed by atoms with van der Waals surface area (Å²) in [6.07, 6.45) is 3.39. The summed E-state index contributed by atoms with van der Waals surface area (Å²) in [5.41, 5.74) is 0.970. The van der Waals surface area contributed by atoms with Crippen LogP contribution in [0.2, 0.25) is 0 Å². The van der Waals surface area contributed by atoms with Gasteiger partial charge in [0.1, 0.15) is 0 Å². The maximum absolute atomic E-state index is 12.1. The number of carbonyl (C=O) groups is 1. The Kier molecular flexibility index (Phi) is 5.00. The second kappa shape index (κ2) is 6.78. The molecule has 0 bridgehead atoms. The van der Waals surface area contributed by atoms with Crippen LogP contribution in [0.4, 0.5) is 4.79 Å². The first-order chi connectivity index (χ1) is 10.8. The first-order valence-electron chi connectivity index (χ1n) is 7.47. The number of urea groups is 1. The second-order valence-electron chi connectivity index (χ2n) is 6.28. The first-order valence-corrected chi connectivity index (χ1v) is 7.47. The van der Waals surface area contributed by atoms with Gasteiger partial charge in [0.2, 0.25) is 0 Å². The van der Waals surface area contributed by atoms with Crippen molar-refractivity contribution in [3.8, 4) is 5.69 Å². The summed E-state index contributed by atoms with van der Waals surface area (Å²) in [5.74, 6) is 0. The lowest BCUT2D eigenvalue weighted by atomic mass is 10.1. The van der Waals surface area contributed by atoms with Gasteiger partial charge in [-0.15, -0.1) is 5.10 Å². The van der Waals surface area contributed by atoms with E-state index in [4.69, 9.17) is 0 Å². The average Bonchev–Trinajstić information content (AvgIpc) is 2.99. The molecule has 7 heteroatoms. The molecule has 7 nitrogen and oxygen atoms in total. The van der Waals surface area contributed by atoms with E-state index in [1.54, 1.807) is 38.0 Å². The second-order valence-corrected chi connectivity index (χ2v) is 6.28. The predicted octanol–water partition coefficient (Wildman–Crippen LogP) is 1.74. The van der Waals surface area contributed by atoms with Gasteiger partial charge in [-0.2, -0.15) is 0 Å². The Labute approximate surface area is 135 Å². The Hall–Kier alpha value is -2.41. The van der Waals surface area contributed by atoms with Crippen molar-refractivity contribution in [2.24, 2.45) is 0 Å². The van der Waals surface area contributed by atoms with Crippen molar-refractivity contribution in [2.45, 2.75) is 32.4 Å². The molecular formula is C16H23N5O2. The number of likely N-dealkylation sites (N-methyl/N-ethyl adjacent to an activating group) is 1. The van der Waals surface area contributed by atoms with Gasteiger partial charge in [-0.1, -0.05) is 17.3 Å². The molecule has 2 N–H and O–H groups in total. The zero-order valence-electron chi connectivity index (χ0n) is 13.9. The SMILES string of the molecule is CC(NC(=O)N(C)CC(C)(C)O)c1ccc(-n2ccnn2)cc1. The molecule has 0 radical (unpaired) electrons. The van der Waals surface area contributed by atoms with E-state index in [0.29, 0.717) is 0 Å². The Bertz CT molecular complexity index is 631. The van der Waals surface area contributed by atoms with Crippen LogP contribution in [0.25, 0.3) is 5.69 Å². The van der Waals surface area contributed by atoms with Gasteiger partial charge in [0.25, 0.3) is 0 Å². The average molecular weight is 317 g/mol. The fourth-order valence-electron chi connectivity index (χ4n) is 2.29. The van der Waals surface area contributed by atoms with Crippen LogP contribution in [0.15, 0.2) is 36.7 Å². The number of aliphatic hydroxyl groups is 1. The summed E-state index contributed by atoms with van der Waals surface area (Å²) < 4.78 is 1.67. The lowest BCUT2D eigenvalue weighted by Crippen LogP contribution is -2.45.